The smallest absolute Gasteiger partial charge is 0.410 e. The fraction of sp³-hybridized carbons (Fsp3) is 0.709. The highest BCUT2D eigenvalue weighted by Gasteiger charge is 2.50. The fourth-order valence-corrected chi connectivity index (χ4v) is 14.7. The van der Waals surface area contributed by atoms with Crippen LogP contribution in [-0.2, 0) is 87.6 Å². The predicted molar refractivity (Wildman–Crippen MR) is 392 cm³/mol. The van der Waals surface area contributed by atoms with E-state index in [0.29, 0.717) is 115 Å². The lowest BCUT2D eigenvalue weighted by Gasteiger charge is -2.41. The Labute approximate surface area is 630 Å². The quantitative estimate of drug-likeness (QED) is 0.0129. The molecule has 2 saturated heterocycles. The van der Waals surface area contributed by atoms with Crippen LogP contribution in [0.2, 0.25) is 0 Å². The molecule has 6 rings (SSSR count). The summed E-state index contributed by atoms with van der Waals surface area (Å²) in [4.78, 5) is 127. The standard InChI is InChI=1S/C79H119N5O23/c1-13-50(6)69(64(98-11)44-66(89)84-35-21-29-61(84)74(99-12)51(7)75(95)80-52(8)70(91)53-24-17-16-18-25-53)82(9)76(96)59(48(2)3)43-62(87)68(49(4)5)83(10)79(97)104-45-54-42-55(31-33-63(54)106-78-73(94)71(92)72(93)77(107-78)105-47-85)81-65(88)34-32-56(86)26-22-36-100-38-40-102-41-39-101-37-23-30-67(90)103-46-60-57-27-19-14-15-20-28-58(57)60/h16-18,24-25,31,33,42,47-52,57-61,64,68-74,77-78,91-94H,13,19-23,26-30,32,34-41,43-46H2,1-12H3,(H,80,95)(H,81,88)/t50-,51+,52+,57-,58+,59-,60?,61-,64+,68-,69-,70+,71-,72-,73?,74+,77?,78+/m0/s1. The Bertz CT molecular complexity index is 3200. The number of hydrogen-bond donors (Lipinski definition) is 6. The average Bonchev–Trinajstić information content (AvgIpc) is 1.62. The highest BCUT2D eigenvalue weighted by atomic mass is 16.8. The number of nitrogens with zero attached hydrogens (tertiary/aromatic N) is 3. The van der Waals surface area contributed by atoms with E-state index in [-0.39, 0.29) is 96.9 Å². The van der Waals surface area contributed by atoms with Gasteiger partial charge in [-0.05, 0) is 105 Å². The number of anilines is 1. The Kier molecular flexibility index (Phi) is 37.4. The van der Waals surface area contributed by atoms with Crippen molar-refractivity contribution in [1.82, 2.24) is 20.0 Å². The van der Waals surface area contributed by atoms with E-state index in [1.165, 1.54) is 39.5 Å². The number of nitrogens with one attached hydrogen (secondary N) is 2. The number of carbonyl (C=O) groups is 9. The number of ketones is 2. The number of methoxy groups -OCH3 is 2. The van der Waals surface area contributed by atoms with Crippen LogP contribution in [0, 0.1) is 59.2 Å². The van der Waals surface area contributed by atoms with E-state index in [0.717, 1.165) is 30.6 Å². The molecule has 0 radical (unpaired) electrons. The monoisotopic (exact) mass is 1510 g/mol. The molecule has 2 aliphatic heterocycles. The molecule has 18 atom stereocenters. The minimum atomic E-state index is -1.91. The summed E-state index contributed by atoms with van der Waals surface area (Å²) in [6.07, 6.45) is -6.01. The molecule has 2 aliphatic carbocycles. The molecule has 28 heteroatoms. The minimum Gasteiger partial charge on any atom is -0.465 e. The number of rotatable bonds is 47. The lowest BCUT2D eigenvalue weighted by Crippen LogP contribution is -2.59. The molecule has 1 saturated carbocycles. The van der Waals surface area contributed by atoms with Crippen molar-refractivity contribution in [2.45, 2.75) is 232 Å². The van der Waals surface area contributed by atoms with E-state index >= 15 is 4.79 Å². The maximum atomic E-state index is 15.0. The lowest BCUT2D eigenvalue weighted by molar-refractivity contribution is -0.321. The van der Waals surface area contributed by atoms with Gasteiger partial charge in [0.25, 0.3) is 6.47 Å². The maximum absolute atomic E-state index is 15.0. The van der Waals surface area contributed by atoms with Crippen LogP contribution in [-0.4, -0.2) is 237 Å². The predicted octanol–water partition coefficient (Wildman–Crippen LogP) is 6.87. The van der Waals surface area contributed by atoms with Gasteiger partial charge >= 0.3 is 12.1 Å². The van der Waals surface area contributed by atoms with Gasteiger partial charge in [-0.1, -0.05) is 85.2 Å². The fourth-order valence-electron chi connectivity index (χ4n) is 14.7. The Hall–Kier alpha value is -7.17. The first-order valence-electron chi connectivity index (χ1n) is 38.0. The lowest BCUT2D eigenvalue weighted by atomic mass is 9.83. The van der Waals surface area contributed by atoms with Crippen LogP contribution in [0.3, 0.4) is 0 Å². The Morgan fingerprint density at radius 2 is 1.36 bits per heavy atom. The van der Waals surface area contributed by atoms with Gasteiger partial charge in [-0.15, -0.1) is 11.8 Å². The van der Waals surface area contributed by atoms with Crippen molar-refractivity contribution in [2.24, 2.45) is 47.3 Å². The van der Waals surface area contributed by atoms with Gasteiger partial charge in [0.2, 0.25) is 36.2 Å². The van der Waals surface area contributed by atoms with Gasteiger partial charge in [-0.3, -0.25) is 43.1 Å². The molecule has 4 aliphatic rings. The summed E-state index contributed by atoms with van der Waals surface area (Å²) in [5.41, 5.74) is 0.884. The number of carbonyl (C=O) groups excluding carboxylic acids is 9. The van der Waals surface area contributed by atoms with Gasteiger partial charge in [-0.25, -0.2) is 4.79 Å². The summed E-state index contributed by atoms with van der Waals surface area (Å²) in [6, 6.07) is 10.3. The second kappa shape index (κ2) is 45.1. The van der Waals surface area contributed by atoms with Gasteiger partial charge in [0, 0.05) is 110 Å². The van der Waals surface area contributed by atoms with Crippen LogP contribution in [0.15, 0.2) is 48.5 Å². The molecule has 3 unspecified atom stereocenters. The summed E-state index contributed by atoms with van der Waals surface area (Å²) in [5, 5.41) is 48.7. The molecule has 5 amide bonds. The first-order chi connectivity index (χ1) is 51.2. The summed E-state index contributed by atoms with van der Waals surface area (Å²) >= 11 is 0. The van der Waals surface area contributed by atoms with Crippen molar-refractivity contribution in [3.8, 4) is 17.6 Å². The molecule has 0 spiro atoms. The van der Waals surface area contributed by atoms with Crippen LogP contribution >= 0.6 is 0 Å². The topological polar surface area (TPSA) is 361 Å². The zero-order chi connectivity index (χ0) is 78.4. The largest absolute Gasteiger partial charge is 0.465 e. The number of benzene rings is 2. The van der Waals surface area contributed by atoms with Crippen molar-refractivity contribution < 1.29 is 111 Å². The molecule has 0 aromatic heterocycles. The van der Waals surface area contributed by atoms with Crippen LogP contribution in [0.1, 0.15) is 169 Å². The minimum absolute atomic E-state index is 0.0271. The molecule has 28 nitrogen and oxygen atoms in total. The number of ether oxygens (including phenoxy) is 10. The van der Waals surface area contributed by atoms with Crippen molar-refractivity contribution >= 4 is 59.4 Å². The second-order valence-corrected chi connectivity index (χ2v) is 29.4. The maximum Gasteiger partial charge on any atom is 0.410 e. The summed E-state index contributed by atoms with van der Waals surface area (Å²) in [7, 11) is 6.01. The SMILES string of the molecule is CC[C@H](C)[C@@H]([C@@H](CC(=O)N1CCC[C@H]1[C@H](OC)[C@@H](C)C(=O)N[C@H](C)[C@@H](O)c1ccccc1)OC)N(C)C(=O)[C@@H](CC(=O)[C@H](C(C)C)N(C)C(=O)OCc1cc(NC(=O)CCC(=O)CCCOCCOCCOCCCC(=O)OCC2[C@H]3CCC#CCC[C@@H]23)ccc1O[C@@H]1OC(OC=O)[C@@H](O)[C@H](O)C1O)C(C)C. The number of hydrogen-bond acceptors (Lipinski definition) is 23. The molecule has 107 heavy (non-hydrogen) atoms. The Morgan fingerprint density at radius 1 is 0.729 bits per heavy atom. The third-order valence-electron chi connectivity index (χ3n) is 21.2. The second-order valence-electron chi connectivity index (χ2n) is 29.4. The Balaban J connectivity index is 1.00. The molecule has 2 aromatic carbocycles. The van der Waals surface area contributed by atoms with Gasteiger partial charge in [-0.2, -0.15) is 0 Å². The summed E-state index contributed by atoms with van der Waals surface area (Å²) < 4.78 is 56.5. The highest BCUT2D eigenvalue weighted by molar-refractivity contribution is 5.94. The number of esters is 1. The van der Waals surface area contributed by atoms with Crippen LogP contribution in [0.4, 0.5) is 10.5 Å². The first-order valence-corrected chi connectivity index (χ1v) is 38.0. The number of likely N-dealkylation sites (tertiary alicyclic amines) is 1. The molecular weight excluding hydrogens is 1390 g/mol. The van der Waals surface area contributed by atoms with Crippen molar-refractivity contribution in [1.29, 1.82) is 0 Å². The van der Waals surface area contributed by atoms with Crippen LogP contribution in [0.5, 0.6) is 5.75 Å². The molecule has 0 bridgehead atoms. The molecule has 3 fully saturated rings. The van der Waals surface area contributed by atoms with Gasteiger partial charge in [0.05, 0.1) is 87.9 Å². The number of Topliss-reactive ketones (excluding diaryl/α,β-unsaturated/α-hetero) is 2. The van der Waals surface area contributed by atoms with Gasteiger partial charge < -0.3 is 88.4 Å². The first kappa shape index (κ1) is 88.7. The van der Waals surface area contributed by atoms with Gasteiger partial charge in [0.15, 0.2) is 5.78 Å². The zero-order valence-corrected chi connectivity index (χ0v) is 64.6. The van der Waals surface area contributed by atoms with Crippen LogP contribution < -0.4 is 15.4 Å². The van der Waals surface area contributed by atoms with Crippen molar-refractivity contribution in [2.75, 3.05) is 86.4 Å². The zero-order valence-electron chi connectivity index (χ0n) is 64.6. The number of amides is 5. The molecule has 2 aromatic rings. The number of aliphatic hydroxyl groups is 4. The number of likely N-dealkylation sites (N-methyl/N-ethyl adjacent to an activating group) is 2. The summed E-state index contributed by atoms with van der Waals surface area (Å²) in [6.45, 7) is 16.8. The van der Waals surface area contributed by atoms with Gasteiger partial charge in [0.1, 0.15) is 36.5 Å². The van der Waals surface area contributed by atoms with E-state index in [9.17, 15) is 58.8 Å². The van der Waals surface area contributed by atoms with E-state index < -0.39 is 116 Å². The van der Waals surface area contributed by atoms with E-state index in [2.05, 4.69) is 22.5 Å². The van der Waals surface area contributed by atoms with Crippen LogP contribution in [0.25, 0.3) is 0 Å². The van der Waals surface area contributed by atoms with E-state index in [4.69, 9.17) is 47.4 Å². The highest BCUT2D eigenvalue weighted by Crippen LogP contribution is 2.52. The Morgan fingerprint density at radius 3 is 1.97 bits per heavy atom. The molecule has 598 valence electrons. The molecular formula is C79H119N5O23. The molecule has 2 heterocycles. The third-order valence-corrected chi connectivity index (χ3v) is 21.2. The van der Waals surface area contributed by atoms with Crippen molar-refractivity contribution in [3.05, 3.63) is 59.7 Å². The summed E-state index contributed by atoms with van der Waals surface area (Å²) in [5.74, 6) is 2.97. The van der Waals surface area contributed by atoms with E-state index in [1.54, 1.807) is 56.7 Å². The number of aliphatic hydroxyl groups excluding tert-OH is 4. The third kappa shape index (κ3) is 26.5. The molecule has 6 N–H and O–H groups in total. The van der Waals surface area contributed by atoms with E-state index in [1.807, 2.05) is 45.9 Å². The van der Waals surface area contributed by atoms with Crippen molar-refractivity contribution in [3.63, 3.8) is 0 Å². The normalized spacial score (nSPS) is 23.0. The number of fused-ring (bicyclic) bond motifs is 1. The average molecular weight is 1510 g/mol.